The maximum absolute atomic E-state index is 12.3. The number of pyridine rings is 1. The van der Waals surface area contributed by atoms with Crippen molar-refractivity contribution < 1.29 is 9.72 Å². The number of nitro groups is 1. The Hall–Kier alpha value is -2.28. The van der Waals surface area contributed by atoms with Gasteiger partial charge < -0.3 is 0 Å². The summed E-state index contributed by atoms with van der Waals surface area (Å²) < 4.78 is 0.333. The van der Waals surface area contributed by atoms with Crippen molar-refractivity contribution in [1.29, 1.82) is 0 Å². The van der Waals surface area contributed by atoms with E-state index in [-0.39, 0.29) is 17.2 Å². The highest BCUT2D eigenvalue weighted by Gasteiger charge is 2.19. The molecule has 7 heteroatoms. The highest BCUT2D eigenvalue weighted by molar-refractivity contribution is 9.10. The van der Waals surface area contributed by atoms with Gasteiger partial charge in [-0.05, 0) is 40.2 Å². The van der Waals surface area contributed by atoms with E-state index >= 15 is 0 Å². The summed E-state index contributed by atoms with van der Waals surface area (Å²) in [7, 11) is 1.57. The first kappa shape index (κ1) is 14.1. The number of nitrogens with zero attached hydrogens (tertiary/aromatic N) is 3. The Kier molecular flexibility index (Phi) is 4.09. The fourth-order valence-corrected chi connectivity index (χ4v) is 2.03. The molecule has 0 aliphatic heterocycles. The zero-order chi connectivity index (χ0) is 14.7. The molecule has 6 nitrogen and oxygen atoms in total. The molecule has 0 fully saturated rings. The topological polar surface area (TPSA) is 76.3 Å². The fraction of sp³-hybridized carbons (Fsp3) is 0.0769. The second-order valence-electron chi connectivity index (χ2n) is 3.98. The van der Waals surface area contributed by atoms with Crippen LogP contribution in [-0.2, 0) is 0 Å². The van der Waals surface area contributed by atoms with Gasteiger partial charge in [0.25, 0.3) is 11.6 Å². The van der Waals surface area contributed by atoms with Crippen LogP contribution >= 0.6 is 15.9 Å². The van der Waals surface area contributed by atoms with Gasteiger partial charge >= 0.3 is 0 Å². The molecule has 0 saturated heterocycles. The molecule has 0 N–H and O–H groups in total. The maximum atomic E-state index is 12.3. The third kappa shape index (κ3) is 2.83. The molecule has 0 unspecified atom stereocenters. The Bertz CT molecular complexity index is 661. The molecule has 1 aromatic carbocycles. The van der Waals surface area contributed by atoms with Crippen molar-refractivity contribution >= 4 is 33.3 Å². The monoisotopic (exact) mass is 335 g/mol. The summed E-state index contributed by atoms with van der Waals surface area (Å²) in [5.41, 5.74) is 0.0818. The Morgan fingerprint density at radius 3 is 2.70 bits per heavy atom. The van der Waals surface area contributed by atoms with E-state index in [9.17, 15) is 14.9 Å². The highest BCUT2D eigenvalue weighted by atomic mass is 79.9. The van der Waals surface area contributed by atoms with Crippen LogP contribution in [0.5, 0.6) is 0 Å². The Labute approximate surface area is 123 Å². The molecule has 1 heterocycles. The lowest BCUT2D eigenvalue weighted by molar-refractivity contribution is -0.385. The van der Waals surface area contributed by atoms with Crippen LogP contribution in [0.4, 0.5) is 11.5 Å². The van der Waals surface area contributed by atoms with Gasteiger partial charge in [-0.25, -0.2) is 4.98 Å². The summed E-state index contributed by atoms with van der Waals surface area (Å²) in [4.78, 5) is 28.0. The molecule has 0 aliphatic rings. The molecule has 1 amide bonds. The number of carbonyl (C=O) groups is 1. The van der Waals surface area contributed by atoms with Gasteiger partial charge in [-0.15, -0.1) is 0 Å². The molecule has 0 radical (unpaired) electrons. The minimum absolute atomic E-state index is 0.148. The molecule has 0 spiro atoms. The normalized spacial score (nSPS) is 10.1. The predicted octanol–water partition coefficient (Wildman–Crippen LogP) is 3.03. The van der Waals surface area contributed by atoms with Gasteiger partial charge in [0.1, 0.15) is 5.82 Å². The summed E-state index contributed by atoms with van der Waals surface area (Å²) in [5, 5.41) is 10.9. The predicted molar refractivity (Wildman–Crippen MR) is 77.8 cm³/mol. The van der Waals surface area contributed by atoms with Crippen molar-refractivity contribution in [3.8, 4) is 0 Å². The van der Waals surface area contributed by atoms with Gasteiger partial charge in [-0.3, -0.25) is 19.8 Å². The molecule has 0 aliphatic carbocycles. The number of hydrogen-bond donors (Lipinski definition) is 0. The molecular weight excluding hydrogens is 326 g/mol. The van der Waals surface area contributed by atoms with Gasteiger partial charge in [0.2, 0.25) is 0 Å². The fourth-order valence-electron chi connectivity index (χ4n) is 1.64. The van der Waals surface area contributed by atoms with Crippen molar-refractivity contribution in [3.63, 3.8) is 0 Å². The second kappa shape index (κ2) is 5.79. The molecular formula is C13H10BrN3O3. The average molecular weight is 336 g/mol. The van der Waals surface area contributed by atoms with Crippen molar-refractivity contribution in [3.05, 3.63) is 62.7 Å². The molecule has 0 bridgehead atoms. The summed E-state index contributed by atoms with van der Waals surface area (Å²) in [5.74, 6) is 0.113. The minimum atomic E-state index is -0.540. The number of nitro benzene ring substituents is 1. The van der Waals surface area contributed by atoms with Crippen LogP contribution in [0.1, 0.15) is 10.4 Å². The van der Waals surface area contributed by atoms with Gasteiger partial charge in [0.05, 0.1) is 9.40 Å². The Balaban J connectivity index is 2.34. The number of hydrogen-bond acceptors (Lipinski definition) is 4. The third-order valence-electron chi connectivity index (χ3n) is 2.69. The van der Waals surface area contributed by atoms with Crippen LogP contribution < -0.4 is 4.90 Å². The maximum Gasteiger partial charge on any atom is 0.284 e. The molecule has 102 valence electrons. The van der Waals surface area contributed by atoms with E-state index in [1.165, 1.54) is 23.1 Å². The van der Waals surface area contributed by atoms with E-state index < -0.39 is 4.92 Å². The van der Waals surface area contributed by atoms with E-state index in [2.05, 4.69) is 20.9 Å². The second-order valence-corrected chi connectivity index (χ2v) is 4.83. The quantitative estimate of drug-likeness (QED) is 0.638. The molecule has 0 atom stereocenters. The number of amides is 1. The smallest absolute Gasteiger partial charge is 0.284 e. The summed E-state index contributed by atoms with van der Waals surface area (Å²) >= 11 is 3.08. The number of anilines is 1. The Morgan fingerprint density at radius 1 is 1.35 bits per heavy atom. The van der Waals surface area contributed by atoms with Gasteiger partial charge in [0.15, 0.2) is 0 Å². The van der Waals surface area contributed by atoms with Crippen molar-refractivity contribution in [2.24, 2.45) is 0 Å². The van der Waals surface area contributed by atoms with Crippen LogP contribution in [0, 0.1) is 10.1 Å². The van der Waals surface area contributed by atoms with E-state index in [1.54, 1.807) is 31.4 Å². The van der Waals surface area contributed by atoms with E-state index in [1.807, 2.05) is 0 Å². The first-order valence-electron chi connectivity index (χ1n) is 5.63. The Morgan fingerprint density at radius 2 is 2.10 bits per heavy atom. The van der Waals surface area contributed by atoms with Crippen LogP contribution in [-0.4, -0.2) is 22.9 Å². The van der Waals surface area contributed by atoms with Crippen LogP contribution in [0.3, 0.4) is 0 Å². The van der Waals surface area contributed by atoms with Gasteiger partial charge in [-0.2, -0.15) is 0 Å². The SMILES string of the molecule is CN(C(=O)c1ccc(Br)c([N+](=O)[O-])c1)c1ccccn1. The highest BCUT2D eigenvalue weighted by Crippen LogP contribution is 2.26. The standard InChI is InChI=1S/C13H10BrN3O3/c1-16(12-4-2-3-7-15-12)13(18)9-5-6-10(14)11(8-9)17(19)20/h2-8H,1H3. The zero-order valence-corrected chi connectivity index (χ0v) is 12.1. The lowest BCUT2D eigenvalue weighted by Gasteiger charge is -2.15. The van der Waals surface area contributed by atoms with Crippen molar-refractivity contribution in [2.45, 2.75) is 0 Å². The number of aromatic nitrogens is 1. The number of halogens is 1. The molecule has 0 saturated carbocycles. The minimum Gasteiger partial charge on any atom is -0.296 e. The van der Waals surface area contributed by atoms with Crippen LogP contribution in [0.25, 0.3) is 0 Å². The molecule has 20 heavy (non-hydrogen) atoms. The summed E-state index contributed by atoms with van der Waals surface area (Å²) in [6, 6.07) is 9.44. The lowest BCUT2D eigenvalue weighted by atomic mass is 10.2. The first-order valence-corrected chi connectivity index (χ1v) is 6.43. The van der Waals surface area contributed by atoms with Crippen LogP contribution in [0.15, 0.2) is 47.1 Å². The molecule has 1 aromatic heterocycles. The lowest BCUT2D eigenvalue weighted by Crippen LogP contribution is -2.27. The van der Waals surface area contributed by atoms with E-state index in [4.69, 9.17) is 0 Å². The first-order chi connectivity index (χ1) is 9.50. The summed E-state index contributed by atoms with van der Waals surface area (Å²) in [6.07, 6.45) is 1.57. The van der Waals surface area contributed by atoms with Crippen LogP contribution in [0.2, 0.25) is 0 Å². The summed E-state index contributed by atoms with van der Waals surface area (Å²) in [6.45, 7) is 0. The van der Waals surface area contributed by atoms with Gasteiger partial charge in [-0.1, -0.05) is 6.07 Å². The van der Waals surface area contributed by atoms with Crippen molar-refractivity contribution in [1.82, 2.24) is 4.98 Å². The zero-order valence-electron chi connectivity index (χ0n) is 10.5. The number of benzene rings is 1. The third-order valence-corrected chi connectivity index (χ3v) is 3.36. The number of rotatable bonds is 3. The largest absolute Gasteiger partial charge is 0.296 e. The van der Waals surface area contributed by atoms with Crippen molar-refractivity contribution in [2.75, 3.05) is 11.9 Å². The van der Waals surface area contributed by atoms with Gasteiger partial charge in [0, 0.05) is 24.9 Å². The number of carbonyl (C=O) groups excluding carboxylic acids is 1. The molecule has 2 aromatic rings. The average Bonchev–Trinajstić information content (AvgIpc) is 2.47. The molecule has 2 rings (SSSR count). The van der Waals surface area contributed by atoms with E-state index in [0.717, 1.165) is 0 Å². The van der Waals surface area contributed by atoms with E-state index in [0.29, 0.717) is 10.3 Å².